The number of ether oxygens (including phenoxy) is 3. The van der Waals surface area contributed by atoms with E-state index in [2.05, 4.69) is 15.5 Å². The first-order valence-electron chi connectivity index (χ1n) is 7.94. The minimum atomic E-state index is -0.170. The van der Waals surface area contributed by atoms with E-state index in [-0.39, 0.29) is 12.3 Å². The van der Waals surface area contributed by atoms with E-state index in [1.165, 1.54) is 0 Å². The molecule has 0 aliphatic carbocycles. The fraction of sp³-hybridized carbons (Fsp3) is 0.222. The van der Waals surface area contributed by atoms with Gasteiger partial charge in [0.25, 0.3) is 0 Å². The van der Waals surface area contributed by atoms with Crippen molar-refractivity contribution in [2.45, 2.75) is 6.42 Å². The van der Waals surface area contributed by atoms with Crippen LogP contribution in [0.2, 0.25) is 0 Å². The number of benzene rings is 2. The Bertz CT molecular complexity index is 935. The van der Waals surface area contributed by atoms with Crippen molar-refractivity contribution < 1.29 is 19.0 Å². The van der Waals surface area contributed by atoms with E-state index in [1.807, 2.05) is 36.4 Å². The summed E-state index contributed by atoms with van der Waals surface area (Å²) in [6.07, 6.45) is 0.208. The number of nitrogens with zero attached hydrogens (tertiary/aromatic N) is 1. The molecule has 7 nitrogen and oxygen atoms in total. The standard InChI is InChI=1S/C18H17N3O4/c1-23-14-4-2-3-12-17(14)18(21-20-12)19-16(22)10-11-5-6-13-15(9-11)25-8-7-24-13/h2-6,9H,7-8,10H2,1H3,(H2,19,20,21,22). The van der Waals surface area contributed by atoms with Gasteiger partial charge in [0, 0.05) is 0 Å². The summed E-state index contributed by atoms with van der Waals surface area (Å²) in [5, 5.41) is 10.7. The first-order chi connectivity index (χ1) is 12.2. The Hall–Kier alpha value is -3.22. The van der Waals surface area contributed by atoms with E-state index in [9.17, 15) is 4.79 Å². The Kier molecular flexibility index (Phi) is 3.89. The molecule has 2 aromatic carbocycles. The molecule has 1 aliphatic rings. The third kappa shape index (κ3) is 2.96. The monoisotopic (exact) mass is 339 g/mol. The van der Waals surface area contributed by atoms with Gasteiger partial charge in [0.1, 0.15) is 19.0 Å². The van der Waals surface area contributed by atoms with Crippen molar-refractivity contribution in [3.05, 3.63) is 42.0 Å². The summed E-state index contributed by atoms with van der Waals surface area (Å²) in [7, 11) is 1.59. The molecule has 4 rings (SSSR count). The lowest BCUT2D eigenvalue weighted by atomic mass is 10.1. The molecular weight excluding hydrogens is 322 g/mol. The molecule has 0 radical (unpaired) electrons. The Morgan fingerprint density at radius 2 is 2.08 bits per heavy atom. The quantitative estimate of drug-likeness (QED) is 0.763. The number of hydrogen-bond donors (Lipinski definition) is 2. The number of carbonyl (C=O) groups is 1. The van der Waals surface area contributed by atoms with E-state index in [0.29, 0.717) is 36.3 Å². The molecule has 1 amide bonds. The Balaban J connectivity index is 1.53. The zero-order chi connectivity index (χ0) is 17.2. The molecule has 0 fully saturated rings. The van der Waals surface area contributed by atoms with Crippen molar-refractivity contribution in [2.24, 2.45) is 0 Å². The van der Waals surface area contributed by atoms with E-state index in [4.69, 9.17) is 14.2 Å². The fourth-order valence-corrected chi connectivity index (χ4v) is 2.86. The summed E-state index contributed by atoms with van der Waals surface area (Å²) in [6.45, 7) is 1.06. The van der Waals surface area contributed by atoms with Crippen LogP contribution < -0.4 is 19.5 Å². The topological polar surface area (TPSA) is 85.5 Å². The maximum Gasteiger partial charge on any atom is 0.230 e. The van der Waals surface area contributed by atoms with Crippen molar-refractivity contribution in [1.82, 2.24) is 10.2 Å². The van der Waals surface area contributed by atoms with Gasteiger partial charge in [-0.3, -0.25) is 9.89 Å². The van der Waals surface area contributed by atoms with Crippen LogP contribution in [0.25, 0.3) is 10.9 Å². The Morgan fingerprint density at radius 3 is 2.92 bits per heavy atom. The largest absolute Gasteiger partial charge is 0.496 e. The number of carbonyl (C=O) groups excluding carboxylic acids is 1. The maximum absolute atomic E-state index is 12.4. The van der Waals surface area contributed by atoms with Gasteiger partial charge >= 0.3 is 0 Å². The number of hydrogen-bond acceptors (Lipinski definition) is 5. The van der Waals surface area contributed by atoms with Crippen LogP contribution in [0, 0.1) is 0 Å². The predicted molar refractivity (Wildman–Crippen MR) is 92.4 cm³/mol. The number of nitrogens with one attached hydrogen (secondary N) is 2. The molecule has 0 atom stereocenters. The van der Waals surface area contributed by atoms with Crippen LogP contribution in [-0.4, -0.2) is 36.4 Å². The van der Waals surface area contributed by atoms with Gasteiger partial charge in [-0.05, 0) is 29.8 Å². The minimum absolute atomic E-state index is 0.170. The fourth-order valence-electron chi connectivity index (χ4n) is 2.86. The lowest BCUT2D eigenvalue weighted by molar-refractivity contribution is -0.115. The van der Waals surface area contributed by atoms with Gasteiger partial charge in [-0.2, -0.15) is 5.10 Å². The lowest BCUT2D eigenvalue weighted by Gasteiger charge is -2.18. The van der Waals surface area contributed by atoms with Crippen LogP contribution in [-0.2, 0) is 11.2 Å². The highest BCUT2D eigenvalue weighted by molar-refractivity contribution is 6.02. The molecule has 0 saturated carbocycles. The number of methoxy groups -OCH3 is 1. The summed E-state index contributed by atoms with van der Waals surface area (Å²) < 4.78 is 16.4. The van der Waals surface area contributed by atoms with Gasteiger partial charge < -0.3 is 19.5 Å². The molecule has 25 heavy (non-hydrogen) atoms. The zero-order valence-electron chi connectivity index (χ0n) is 13.7. The number of H-pyrrole nitrogens is 1. The zero-order valence-corrected chi connectivity index (χ0v) is 13.7. The van der Waals surface area contributed by atoms with Crippen molar-refractivity contribution >= 4 is 22.6 Å². The highest BCUT2D eigenvalue weighted by atomic mass is 16.6. The second-order valence-corrected chi connectivity index (χ2v) is 5.66. The van der Waals surface area contributed by atoms with Crippen LogP contribution in [0.3, 0.4) is 0 Å². The molecule has 2 heterocycles. The molecular formula is C18H17N3O4. The molecule has 1 aromatic heterocycles. The predicted octanol–water partition coefficient (Wildman–Crippen LogP) is 2.52. The van der Waals surface area contributed by atoms with Crippen LogP contribution in [0.15, 0.2) is 36.4 Å². The second-order valence-electron chi connectivity index (χ2n) is 5.66. The molecule has 0 saturated heterocycles. The van der Waals surface area contributed by atoms with Crippen molar-refractivity contribution in [3.8, 4) is 17.2 Å². The van der Waals surface area contributed by atoms with Crippen molar-refractivity contribution in [2.75, 3.05) is 25.6 Å². The average molecular weight is 339 g/mol. The van der Waals surface area contributed by atoms with Gasteiger partial charge in [-0.1, -0.05) is 12.1 Å². The summed E-state index contributed by atoms with van der Waals surface area (Å²) in [5.74, 6) is 2.31. The number of aromatic nitrogens is 2. The van der Waals surface area contributed by atoms with Gasteiger partial charge in [0.2, 0.25) is 5.91 Å². The number of aromatic amines is 1. The molecule has 0 spiro atoms. The van der Waals surface area contributed by atoms with Crippen LogP contribution >= 0.6 is 0 Å². The highest BCUT2D eigenvalue weighted by Gasteiger charge is 2.16. The maximum atomic E-state index is 12.4. The number of rotatable bonds is 4. The average Bonchev–Trinajstić information content (AvgIpc) is 3.04. The minimum Gasteiger partial charge on any atom is -0.496 e. The molecule has 7 heteroatoms. The highest BCUT2D eigenvalue weighted by Crippen LogP contribution is 2.32. The van der Waals surface area contributed by atoms with Crippen LogP contribution in [0.4, 0.5) is 5.82 Å². The second kappa shape index (κ2) is 6.35. The third-order valence-corrected chi connectivity index (χ3v) is 4.00. The first kappa shape index (κ1) is 15.3. The smallest absolute Gasteiger partial charge is 0.230 e. The van der Waals surface area contributed by atoms with E-state index in [1.54, 1.807) is 7.11 Å². The van der Waals surface area contributed by atoms with Crippen LogP contribution in [0.5, 0.6) is 17.2 Å². The van der Waals surface area contributed by atoms with Crippen molar-refractivity contribution in [1.29, 1.82) is 0 Å². The molecule has 0 unspecified atom stereocenters. The van der Waals surface area contributed by atoms with E-state index >= 15 is 0 Å². The Morgan fingerprint density at radius 1 is 1.24 bits per heavy atom. The summed E-state index contributed by atoms with van der Waals surface area (Å²) in [5.41, 5.74) is 1.64. The number of amides is 1. The van der Waals surface area contributed by atoms with E-state index < -0.39 is 0 Å². The SMILES string of the molecule is COc1cccc2[nH]nc(NC(=O)Cc3ccc4c(c3)OCCO4)c12. The molecule has 128 valence electrons. The number of fused-ring (bicyclic) bond motifs is 2. The summed E-state index contributed by atoms with van der Waals surface area (Å²) in [4.78, 5) is 12.4. The van der Waals surface area contributed by atoms with E-state index in [0.717, 1.165) is 16.5 Å². The molecule has 0 bridgehead atoms. The first-order valence-corrected chi connectivity index (χ1v) is 7.94. The normalized spacial score (nSPS) is 12.8. The van der Waals surface area contributed by atoms with Gasteiger partial charge in [0.05, 0.1) is 24.4 Å². The van der Waals surface area contributed by atoms with Gasteiger partial charge in [-0.15, -0.1) is 0 Å². The molecule has 3 aromatic rings. The number of anilines is 1. The third-order valence-electron chi connectivity index (χ3n) is 4.00. The van der Waals surface area contributed by atoms with Crippen molar-refractivity contribution in [3.63, 3.8) is 0 Å². The molecule has 1 aliphatic heterocycles. The summed E-state index contributed by atoms with van der Waals surface area (Å²) >= 11 is 0. The summed E-state index contributed by atoms with van der Waals surface area (Å²) in [6, 6.07) is 11.1. The lowest BCUT2D eigenvalue weighted by Crippen LogP contribution is -2.17. The van der Waals surface area contributed by atoms with Gasteiger partial charge in [0.15, 0.2) is 17.3 Å². The molecule has 2 N–H and O–H groups in total. The van der Waals surface area contributed by atoms with Gasteiger partial charge in [-0.25, -0.2) is 0 Å². The van der Waals surface area contributed by atoms with Crippen LogP contribution in [0.1, 0.15) is 5.56 Å². The Labute approximate surface area is 143 Å².